The van der Waals surface area contributed by atoms with Crippen LogP contribution in [0.25, 0.3) is 0 Å². The van der Waals surface area contributed by atoms with E-state index in [9.17, 15) is 28.9 Å². The number of Topliss-reactive ketones (excluding diaryl/α,β-unsaturated/α-hetero) is 1. The number of aliphatic hydroxyl groups is 3. The molecule has 1 aliphatic carbocycles. The fourth-order valence-electron chi connectivity index (χ4n) is 4.26. The Labute approximate surface area is 177 Å². The average Bonchev–Trinajstić information content (AvgIpc) is 2.94. The Morgan fingerprint density at radius 3 is 2.43 bits per heavy atom. The molecule has 1 unspecified atom stereocenters. The van der Waals surface area contributed by atoms with Gasteiger partial charge >= 0.3 is 0 Å². The third-order valence-electron chi connectivity index (χ3n) is 5.92. The van der Waals surface area contributed by atoms with Crippen LogP contribution in [0.5, 0.6) is 0 Å². The summed E-state index contributed by atoms with van der Waals surface area (Å²) in [4.78, 5) is 11.0. The summed E-state index contributed by atoms with van der Waals surface area (Å²) in [6.45, 7) is 1.59. The number of halogens is 2. The zero-order chi connectivity index (χ0) is 22.1. The van der Waals surface area contributed by atoms with Crippen LogP contribution < -0.4 is 0 Å². The molecule has 0 radical (unpaired) electrons. The molecule has 0 heterocycles. The molecule has 1 saturated carbocycles. The van der Waals surface area contributed by atoms with Gasteiger partial charge in [0.05, 0.1) is 17.8 Å². The second-order valence-corrected chi connectivity index (χ2v) is 8.34. The van der Waals surface area contributed by atoms with Gasteiger partial charge in [-0.15, -0.1) is 0 Å². The maximum atomic E-state index is 13.6. The maximum Gasteiger partial charge on any atom is 0.141 e. The Kier molecular flexibility index (Phi) is 9.90. The molecule has 1 aliphatic rings. The van der Waals surface area contributed by atoms with E-state index in [-0.39, 0.29) is 23.2 Å². The number of carbonyl (C=O) groups is 1. The van der Waals surface area contributed by atoms with E-state index in [1.807, 2.05) is 0 Å². The SMILES string of the molecule is CC(=O)CCCCCC[C@@H]1[C@@H](CCC(O)C#Cc2ccc(F)cc2F)[C@H](O)C[C@@H]1O. The lowest BCUT2D eigenvalue weighted by atomic mass is 9.85. The standard InChI is InChI=1S/C24H32F2O4/c1-16(27)6-4-2-3-5-7-20-21(24(30)15-23(20)29)13-12-19(28)11-9-17-8-10-18(25)14-22(17)26/h8,10,14,19-21,23-24,28-30H,2-7,12-13,15H2,1H3/t19?,20-,21-,23+,24-/m1/s1. The van der Waals surface area contributed by atoms with E-state index < -0.39 is 29.9 Å². The van der Waals surface area contributed by atoms with E-state index in [4.69, 9.17) is 0 Å². The van der Waals surface area contributed by atoms with Gasteiger partial charge in [0, 0.05) is 12.5 Å². The Morgan fingerprint density at radius 1 is 1.10 bits per heavy atom. The first kappa shape index (κ1) is 24.5. The largest absolute Gasteiger partial charge is 0.393 e. The molecule has 4 nitrogen and oxygen atoms in total. The number of carbonyl (C=O) groups excluding carboxylic acids is 1. The minimum atomic E-state index is -0.994. The van der Waals surface area contributed by atoms with Gasteiger partial charge in [0.1, 0.15) is 23.5 Å². The normalized spacial score (nSPS) is 24.3. The summed E-state index contributed by atoms with van der Waals surface area (Å²) in [6.07, 6.45) is 4.16. The first-order valence-electron chi connectivity index (χ1n) is 10.8. The summed E-state index contributed by atoms with van der Waals surface area (Å²) >= 11 is 0. The van der Waals surface area contributed by atoms with Crippen LogP contribution in [0.15, 0.2) is 18.2 Å². The van der Waals surface area contributed by atoms with Crippen molar-refractivity contribution in [3.63, 3.8) is 0 Å². The highest BCUT2D eigenvalue weighted by molar-refractivity contribution is 5.75. The highest BCUT2D eigenvalue weighted by atomic mass is 19.1. The molecule has 2 rings (SSSR count). The molecule has 5 atom stereocenters. The summed E-state index contributed by atoms with van der Waals surface area (Å²) in [7, 11) is 0. The van der Waals surface area contributed by atoms with Gasteiger partial charge in [0.15, 0.2) is 0 Å². The van der Waals surface area contributed by atoms with Crippen molar-refractivity contribution < 1.29 is 28.9 Å². The van der Waals surface area contributed by atoms with Crippen molar-refractivity contribution in [1.82, 2.24) is 0 Å². The molecular formula is C24H32F2O4. The minimum Gasteiger partial charge on any atom is -0.393 e. The molecule has 30 heavy (non-hydrogen) atoms. The fourth-order valence-corrected chi connectivity index (χ4v) is 4.26. The summed E-state index contributed by atoms with van der Waals surface area (Å²) < 4.78 is 26.5. The fraction of sp³-hybridized carbons (Fsp3) is 0.625. The lowest BCUT2D eigenvalue weighted by Gasteiger charge is -2.24. The molecule has 0 aliphatic heterocycles. The quantitative estimate of drug-likeness (QED) is 0.397. The highest BCUT2D eigenvalue weighted by Gasteiger charge is 2.40. The van der Waals surface area contributed by atoms with Gasteiger partial charge in [0.2, 0.25) is 0 Å². The van der Waals surface area contributed by atoms with E-state index in [2.05, 4.69) is 11.8 Å². The predicted molar refractivity (Wildman–Crippen MR) is 110 cm³/mol. The predicted octanol–water partition coefficient (Wildman–Crippen LogP) is 3.74. The smallest absolute Gasteiger partial charge is 0.141 e. The van der Waals surface area contributed by atoms with Gasteiger partial charge in [-0.1, -0.05) is 31.1 Å². The van der Waals surface area contributed by atoms with Gasteiger partial charge in [-0.25, -0.2) is 8.78 Å². The molecular weight excluding hydrogens is 390 g/mol. The number of unbranched alkanes of at least 4 members (excludes halogenated alkanes) is 3. The molecule has 166 valence electrons. The first-order chi connectivity index (χ1) is 14.3. The zero-order valence-electron chi connectivity index (χ0n) is 17.5. The highest BCUT2D eigenvalue weighted by Crippen LogP contribution is 2.39. The Morgan fingerprint density at radius 2 is 1.77 bits per heavy atom. The van der Waals surface area contributed by atoms with E-state index in [1.165, 1.54) is 6.07 Å². The topological polar surface area (TPSA) is 77.8 Å². The van der Waals surface area contributed by atoms with Gasteiger partial charge < -0.3 is 20.1 Å². The monoisotopic (exact) mass is 422 g/mol. The minimum absolute atomic E-state index is 0.0226. The molecule has 1 aromatic carbocycles. The van der Waals surface area contributed by atoms with Crippen molar-refractivity contribution in [3.05, 3.63) is 35.4 Å². The molecule has 0 aromatic heterocycles. The van der Waals surface area contributed by atoms with Crippen molar-refractivity contribution in [3.8, 4) is 11.8 Å². The van der Waals surface area contributed by atoms with Crippen molar-refractivity contribution in [2.24, 2.45) is 11.8 Å². The lowest BCUT2D eigenvalue weighted by Crippen LogP contribution is -2.23. The number of ketones is 1. The van der Waals surface area contributed by atoms with E-state index in [1.54, 1.807) is 6.92 Å². The maximum absolute atomic E-state index is 13.6. The van der Waals surface area contributed by atoms with Crippen molar-refractivity contribution in [2.75, 3.05) is 0 Å². The molecule has 1 fully saturated rings. The molecule has 0 amide bonds. The molecule has 0 saturated heterocycles. The summed E-state index contributed by atoms with van der Waals surface area (Å²) in [5, 5.41) is 30.8. The van der Waals surface area contributed by atoms with E-state index in [0.29, 0.717) is 25.7 Å². The van der Waals surface area contributed by atoms with Gasteiger partial charge in [-0.3, -0.25) is 0 Å². The van der Waals surface area contributed by atoms with Crippen LogP contribution in [0.3, 0.4) is 0 Å². The third kappa shape index (κ3) is 7.79. The van der Waals surface area contributed by atoms with Crippen LogP contribution in [0, 0.1) is 35.3 Å². The third-order valence-corrected chi connectivity index (χ3v) is 5.92. The molecule has 1 aromatic rings. The van der Waals surface area contributed by atoms with Crippen LogP contribution in [-0.2, 0) is 4.79 Å². The number of aliphatic hydroxyl groups excluding tert-OH is 3. The number of hydrogen-bond acceptors (Lipinski definition) is 4. The van der Waals surface area contributed by atoms with Gasteiger partial charge in [-0.2, -0.15) is 0 Å². The molecule has 0 spiro atoms. The van der Waals surface area contributed by atoms with Crippen LogP contribution >= 0.6 is 0 Å². The van der Waals surface area contributed by atoms with Crippen LogP contribution in [0.1, 0.15) is 70.3 Å². The Hall–Kier alpha value is -1.81. The zero-order valence-corrected chi connectivity index (χ0v) is 17.5. The van der Waals surface area contributed by atoms with Gasteiger partial charge in [-0.05, 0) is 63.0 Å². The van der Waals surface area contributed by atoms with Crippen molar-refractivity contribution in [2.45, 2.75) is 83.0 Å². The Bertz CT molecular complexity index is 755. The van der Waals surface area contributed by atoms with Crippen LogP contribution in [-0.4, -0.2) is 39.4 Å². The van der Waals surface area contributed by atoms with Crippen LogP contribution in [0.2, 0.25) is 0 Å². The number of hydrogen-bond donors (Lipinski definition) is 3. The summed E-state index contributed by atoms with van der Waals surface area (Å²) in [6, 6.07) is 3.09. The second kappa shape index (κ2) is 12.1. The van der Waals surface area contributed by atoms with Gasteiger partial charge in [0.25, 0.3) is 0 Å². The average molecular weight is 423 g/mol. The second-order valence-electron chi connectivity index (χ2n) is 8.34. The lowest BCUT2D eigenvalue weighted by molar-refractivity contribution is -0.117. The first-order valence-corrected chi connectivity index (χ1v) is 10.8. The molecule has 0 bridgehead atoms. The van der Waals surface area contributed by atoms with E-state index in [0.717, 1.165) is 44.2 Å². The van der Waals surface area contributed by atoms with E-state index >= 15 is 0 Å². The number of rotatable bonds is 10. The van der Waals surface area contributed by atoms with Crippen LogP contribution in [0.4, 0.5) is 8.78 Å². The summed E-state index contributed by atoms with van der Waals surface area (Å²) in [5.41, 5.74) is 0.0226. The molecule has 3 N–H and O–H groups in total. The van der Waals surface area contributed by atoms with Crippen molar-refractivity contribution >= 4 is 5.78 Å². The van der Waals surface area contributed by atoms with Crippen molar-refractivity contribution in [1.29, 1.82) is 0 Å². The number of benzene rings is 1. The molecule has 6 heteroatoms. The summed E-state index contributed by atoms with van der Waals surface area (Å²) in [5.74, 6) is 3.71. The Balaban J connectivity index is 1.81.